The van der Waals surface area contributed by atoms with Gasteiger partial charge in [0.2, 0.25) is 11.6 Å². The van der Waals surface area contributed by atoms with Crippen LogP contribution in [0.25, 0.3) is 0 Å². The van der Waals surface area contributed by atoms with E-state index in [9.17, 15) is 10.1 Å². The van der Waals surface area contributed by atoms with E-state index < -0.39 is 0 Å². The molecule has 0 aliphatic carbocycles. The molecule has 0 N–H and O–H groups in total. The van der Waals surface area contributed by atoms with Crippen molar-refractivity contribution in [1.29, 1.82) is 0 Å². The van der Waals surface area contributed by atoms with Crippen molar-refractivity contribution in [1.82, 2.24) is 9.97 Å². The molecule has 25 heavy (non-hydrogen) atoms. The van der Waals surface area contributed by atoms with Crippen LogP contribution in [-0.4, -0.2) is 34.5 Å². The van der Waals surface area contributed by atoms with Gasteiger partial charge in [-0.3, -0.25) is 10.1 Å². The Morgan fingerprint density at radius 3 is 2.80 bits per heavy atom. The fourth-order valence-corrected chi connectivity index (χ4v) is 3.89. The lowest BCUT2D eigenvalue weighted by molar-refractivity contribution is -0.383. The lowest BCUT2D eigenvalue weighted by atomic mass is 10.0. The number of rotatable bonds is 3. The molecule has 1 atom stereocenters. The predicted molar refractivity (Wildman–Crippen MR) is 96.4 cm³/mol. The van der Waals surface area contributed by atoms with Crippen molar-refractivity contribution < 1.29 is 4.92 Å². The molecule has 7 heteroatoms. The molecule has 1 fully saturated rings. The Hall–Kier alpha value is -2.70. The molecule has 3 heterocycles. The number of hydrogen-bond acceptors (Lipinski definition) is 6. The van der Waals surface area contributed by atoms with Crippen molar-refractivity contribution in [2.24, 2.45) is 5.92 Å². The largest absolute Gasteiger partial charge is 0.353 e. The molecule has 2 aromatic rings. The van der Waals surface area contributed by atoms with Gasteiger partial charge < -0.3 is 9.80 Å². The summed E-state index contributed by atoms with van der Waals surface area (Å²) in [6.45, 7) is 4.48. The smallest absolute Gasteiger partial charge is 0.350 e. The Kier molecular flexibility index (Phi) is 3.99. The maximum atomic E-state index is 11.9. The van der Waals surface area contributed by atoms with Crippen LogP contribution in [0.4, 0.5) is 23.0 Å². The van der Waals surface area contributed by atoms with E-state index in [-0.39, 0.29) is 10.6 Å². The Bertz CT molecular complexity index is 810. The predicted octanol–water partition coefficient (Wildman–Crippen LogP) is 3.32. The minimum atomic E-state index is -0.328. The van der Waals surface area contributed by atoms with Crippen molar-refractivity contribution >= 4 is 23.0 Å². The van der Waals surface area contributed by atoms with E-state index in [4.69, 9.17) is 0 Å². The maximum Gasteiger partial charge on any atom is 0.353 e. The van der Waals surface area contributed by atoms with Gasteiger partial charge in [-0.05, 0) is 36.8 Å². The van der Waals surface area contributed by atoms with Crippen molar-refractivity contribution in [2.75, 3.05) is 29.4 Å². The van der Waals surface area contributed by atoms with E-state index in [0.717, 1.165) is 38.0 Å². The Balaban J connectivity index is 1.79. The van der Waals surface area contributed by atoms with Crippen LogP contribution in [0, 0.1) is 16.0 Å². The van der Waals surface area contributed by atoms with Gasteiger partial charge in [0.05, 0.1) is 4.92 Å². The number of anilines is 3. The third-order valence-electron chi connectivity index (χ3n) is 5.07. The minimum Gasteiger partial charge on any atom is -0.350 e. The van der Waals surface area contributed by atoms with Gasteiger partial charge in [-0.15, -0.1) is 0 Å². The third kappa shape index (κ3) is 2.79. The fourth-order valence-electron chi connectivity index (χ4n) is 3.89. The minimum absolute atomic E-state index is 0.0216. The monoisotopic (exact) mass is 339 g/mol. The van der Waals surface area contributed by atoms with Crippen LogP contribution in [0.15, 0.2) is 30.6 Å². The van der Waals surface area contributed by atoms with Crippen molar-refractivity contribution in [3.63, 3.8) is 0 Å². The number of piperidine rings is 1. The summed E-state index contributed by atoms with van der Waals surface area (Å²) in [5.74, 6) is 1.36. The number of nitrogens with zero attached hydrogens (tertiary/aromatic N) is 5. The molecule has 2 aliphatic heterocycles. The number of para-hydroxylation sites is 1. The first kappa shape index (κ1) is 15.8. The Morgan fingerprint density at radius 2 is 2.00 bits per heavy atom. The highest BCUT2D eigenvalue weighted by Gasteiger charge is 2.34. The summed E-state index contributed by atoms with van der Waals surface area (Å²) in [6, 6.07) is 8.01. The van der Waals surface area contributed by atoms with Crippen LogP contribution >= 0.6 is 0 Å². The van der Waals surface area contributed by atoms with Gasteiger partial charge in [-0.1, -0.05) is 25.1 Å². The quantitative estimate of drug-likeness (QED) is 0.631. The zero-order valence-electron chi connectivity index (χ0n) is 14.3. The summed E-state index contributed by atoms with van der Waals surface area (Å²) in [5.41, 5.74) is 2.22. The van der Waals surface area contributed by atoms with Gasteiger partial charge in [0, 0.05) is 25.3 Å². The molecule has 0 saturated carbocycles. The molecule has 130 valence electrons. The lowest BCUT2D eigenvalue weighted by Crippen LogP contribution is -2.35. The third-order valence-corrected chi connectivity index (χ3v) is 5.07. The second-order valence-electron chi connectivity index (χ2n) is 6.85. The zero-order valence-corrected chi connectivity index (χ0v) is 14.3. The van der Waals surface area contributed by atoms with Crippen LogP contribution in [0.3, 0.4) is 0 Å². The molecule has 0 radical (unpaired) electrons. The average Bonchev–Trinajstić information content (AvgIpc) is 3.05. The number of aromatic nitrogens is 2. The first-order chi connectivity index (χ1) is 12.1. The summed E-state index contributed by atoms with van der Waals surface area (Å²) < 4.78 is 0. The van der Waals surface area contributed by atoms with Crippen molar-refractivity contribution in [3.8, 4) is 0 Å². The van der Waals surface area contributed by atoms with E-state index in [1.165, 1.54) is 11.9 Å². The number of nitro groups is 1. The summed E-state index contributed by atoms with van der Waals surface area (Å²) in [5, 5.41) is 11.9. The molecule has 1 saturated heterocycles. The standard InChI is InChI=1S/C18H21N5O2/c1-13-5-4-9-21(11-13)17-16(23(24)25)18(20-12-19-17)22-10-8-14-6-2-3-7-15(14)22/h2-3,6-7,12-13H,4-5,8-11H2,1H3. The van der Waals surface area contributed by atoms with Crippen LogP contribution in [0.5, 0.6) is 0 Å². The van der Waals surface area contributed by atoms with E-state index in [2.05, 4.69) is 23.0 Å². The first-order valence-corrected chi connectivity index (χ1v) is 8.75. The molecule has 1 aromatic heterocycles. The average molecular weight is 339 g/mol. The summed E-state index contributed by atoms with van der Waals surface area (Å²) in [7, 11) is 0. The molecule has 0 amide bonds. The Labute approximate surface area is 146 Å². The van der Waals surface area contributed by atoms with E-state index in [0.29, 0.717) is 24.1 Å². The maximum absolute atomic E-state index is 11.9. The molecule has 1 unspecified atom stereocenters. The second kappa shape index (κ2) is 6.31. The van der Waals surface area contributed by atoms with E-state index >= 15 is 0 Å². The fraction of sp³-hybridized carbons (Fsp3) is 0.444. The van der Waals surface area contributed by atoms with Crippen LogP contribution in [-0.2, 0) is 6.42 Å². The highest BCUT2D eigenvalue weighted by molar-refractivity contribution is 5.78. The molecular weight excluding hydrogens is 318 g/mol. The van der Waals surface area contributed by atoms with Crippen LogP contribution < -0.4 is 9.80 Å². The summed E-state index contributed by atoms with van der Waals surface area (Å²) in [6.07, 6.45) is 4.51. The Morgan fingerprint density at radius 1 is 1.20 bits per heavy atom. The highest BCUT2D eigenvalue weighted by atomic mass is 16.6. The van der Waals surface area contributed by atoms with Crippen LogP contribution in [0.1, 0.15) is 25.3 Å². The summed E-state index contributed by atoms with van der Waals surface area (Å²) >= 11 is 0. The van der Waals surface area contributed by atoms with Gasteiger partial charge in [0.15, 0.2) is 0 Å². The van der Waals surface area contributed by atoms with Crippen molar-refractivity contribution in [3.05, 3.63) is 46.3 Å². The topological polar surface area (TPSA) is 75.4 Å². The molecule has 0 spiro atoms. The van der Waals surface area contributed by atoms with E-state index in [1.807, 2.05) is 28.0 Å². The molecule has 7 nitrogen and oxygen atoms in total. The molecule has 2 aliphatic rings. The number of benzene rings is 1. The zero-order chi connectivity index (χ0) is 17.4. The van der Waals surface area contributed by atoms with Gasteiger partial charge in [-0.2, -0.15) is 0 Å². The number of hydrogen-bond donors (Lipinski definition) is 0. The lowest BCUT2D eigenvalue weighted by Gasteiger charge is -2.32. The molecule has 0 bridgehead atoms. The van der Waals surface area contributed by atoms with Gasteiger partial charge in [0.1, 0.15) is 6.33 Å². The van der Waals surface area contributed by atoms with Gasteiger partial charge in [-0.25, -0.2) is 9.97 Å². The second-order valence-corrected chi connectivity index (χ2v) is 6.85. The molecule has 1 aromatic carbocycles. The van der Waals surface area contributed by atoms with Crippen LogP contribution in [0.2, 0.25) is 0 Å². The van der Waals surface area contributed by atoms with Gasteiger partial charge in [0.25, 0.3) is 0 Å². The van der Waals surface area contributed by atoms with Crippen molar-refractivity contribution in [2.45, 2.75) is 26.2 Å². The highest BCUT2D eigenvalue weighted by Crippen LogP contribution is 2.41. The van der Waals surface area contributed by atoms with Gasteiger partial charge >= 0.3 is 5.69 Å². The normalized spacial score (nSPS) is 19.8. The van der Waals surface area contributed by atoms with E-state index in [1.54, 1.807) is 0 Å². The molecular formula is C18H21N5O2. The number of fused-ring (bicyclic) bond motifs is 1. The first-order valence-electron chi connectivity index (χ1n) is 8.75. The molecule has 4 rings (SSSR count). The SMILES string of the molecule is CC1CCCN(c2ncnc(N3CCc4ccccc43)c2[N+](=O)[O-])C1. The summed E-state index contributed by atoms with van der Waals surface area (Å²) in [4.78, 5) is 24.2.